The van der Waals surface area contributed by atoms with Crippen molar-refractivity contribution in [3.63, 3.8) is 0 Å². The normalized spacial score (nSPS) is 35.5. The van der Waals surface area contributed by atoms with E-state index in [4.69, 9.17) is 14.2 Å². The van der Waals surface area contributed by atoms with Crippen molar-refractivity contribution in [3.05, 3.63) is 0 Å². The van der Waals surface area contributed by atoms with Crippen molar-refractivity contribution in [2.75, 3.05) is 19.7 Å². The Hall–Kier alpha value is -0.810. The van der Waals surface area contributed by atoms with Crippen LogP contribution in [0.25, 0.3) is 0 Å². The minimum atomic E-state index is -0.524. The second-order valence-corrected chi connectivity index (χ2v) is 5.67. The summed E-state index contributed by atoms with van der Waals surface area (Å²) in [4.78, 5) is 13.8. The molecule has 3 atom stereocenters. The van der Waals surface area contributed by atoms with Gasteiger partial charge in [-0.05, 0) is 39.0 Å². The van der Waals surface area contributed by atoms with Crippen LogP contribution in [-0.2, 0) is 14.2 Å². The Kier molecular flexibility index (Phi) is 3.93. The number of carbonyl (C=O) groups excluding carboxylic acids is 1. The summed E-state index contributed by atoms with van der Waals surface area (Å²) in [5, 5.41) is 0. The molecule has 1 saturated carbocycles. The van der Waals surface area contributed by atoms with E-state index < -0.39 is 6.16 Å². The Morgan fingerprint density at radius 2 is 2.05 bits per heavy atom. The second kappa shape index (κ2) is 5.67. The summed E-state index contributed by atoms with van der Waals surface area (Å²) < 4.78 is 15.8. The first kappa shape index (κ1) is 13.2. The van der Waals surface area contributed by atoms with Crippen molar-refractivity contribution in [3.8, 4) is 0 Å². The summed E-state index contributed by atoms with van der Waals surface area (Å²) in [5.74, 6) is 0. The van der Waals surface area contributed by atoms with Gasteiger partial charge in [0.1, 0.15) is 6.10 Å². The van der Waals surface area contributed by atoms with E-state index in [-0.39, 0.29) is 6.10 Å². The van der Waals surface area contributed by atoms with Gasteiger partial charge in [0, 0.05) is 19.1 Å². The van der Waals surface area contributed by atoms with Crippen molar-refractivity contribution in [2.24, 2.45) is 0 Å². The van der Waals surface area contributed by atoms with Gasteiger partial charge in [-0.3, -0.25) is 4.90 Å². The molecule has 0 aromatic carbocycles. The summed E-state index contributed by atoms with van der Waals surface area (Å²) in [6.07, 6.45) is 6.11. The number of epoxide rings is 1. The average Bonchev–Trinajstić information content (AvgIpc) is 3.19. The van der Waals surface area contributed by atoms with E-state index in [0.717, 1.165) is 25.9 Å². The van der Waals surface area contributed by atoms with Crippen LogP contribution in [0, 0.1) is 0 Å². The van der Waals surface area contributed by atoms with Gasteiger partial charge in [0.2, 0.25) is 0 Å². The number of likely N-dealkylation sites (tertiary alicyclic amines) is 1. The molecule has 2 saturated heterocycles. The van der Waals surface area contributed by atoms with Gasteiger partial charge in [-0.2, -0.15) is 0 Å². The molecule has 3 unspecified atom stereocenters. The minimum absolute atomic E-state index is 0.0230. The van der Waals surface area contributed by atoms with Crippen LogP contribution in [0.3, 0.4) is 0 Å². The minimum Gasteiger partial charge on any atom is -0.435 e. The lowest BCUT2D eigenvalue weighted by Gasteiger charge is -2.37. The van der Waals surface area contributed by atoms with Crippen LogP contribution in [0.1, 0.15) is 39.0 Å². The summed E-state index contributed by atoms with van der Waals surface area (Å²) >= 11 is 0. The quantitative estimate of drug-likeness (QED) is 0.579. The molecule has 1 aliphatic carbocycles. The molecule has 0 aromatic heterocycles. The van der Waals surface area contributed by atoms with Gasteiger partial charge >= 0.3 is 6.16 Å². The second-order valence-electron chi connectivity index (χ2n) is 5.67. The van der Waals surface area contributed by atoms with Crippen LogP contribution in [0.4, 0.5) is 4.79 Å². The van der Waals surface area contributed by atoms with E-state index in [1.54, 1.807) is 6.92 Å². The molecule has 2 heterocycles. The van der Waals surface area contributed by atoms with E-state index in [2.05, 4.69) is 4.90 Å². The van der Waals surface area contributed by atoms with Gasteiger partial charge in [0.15, 0.2) is 0 Å². The maximum atomic E-state index is 11.3. The third-order valence-corrected chi connectivity index (χ3v) is 4.46. The zero-order valence-corrected chi connectivity index (χ0v) is 11.5. The topological polar surface area (TPSA) is 51.3 Å². The van der Waals surface area contributed by atoms with Crippen molar-refractivity contribution in [1.29, 1.82) is 0 Å². The zero-order chi connectivity index (χ0) is 13.2. The van der Waals surface area contributed by atoms with Gasteiger partial charge in [-0.15, -0.1) is 0 Å². The highest BCUT2D eigenvalue weighted by Crippen LogP contribution is 2.39. The molecule has 3 rings (SSSR count). The van der Waals surface area contributed by atoms with Gasteiger partial charge < -0.3 is 14.2 Å². The molecule has 3 aliphatic rings. The van der Waals surface area contributed by atoms with Crippen molar-refractivity contribution in [1.82, 2.24) is 4.90 Å². The number of hydrogen-bond acceptors (Lipinski definition) is 5. The molecular formula is C14H23NO4. The molecule has 0 amide bonds. The smallest absolute Gasteiger partial charge is 0.435 e. The molecule has 0 bridgehead atoms. The molecule has 5 heteroatoms. The molecule has 3 fully saturated rings. The molecule has 108 valence electrons. The predicted octanol–water partition coefficient (Wildman–Crippen LogP) is 1.94. The largest absolute Gasteiger partial charge is 0.508 e. The van der Waals surface area contributed by atoms with Crippen LogP contribution >= 0.6 is 0 Å². The van der Waals surface area contributed by atoms with Crippen LogP contribution in [0.2, 0.25) is 0 Å². The van der Waals surface area contributed by atoms with Crippen molar-refractivity contribution >= 4 is 6.16 Å². The van der Waals surface area contributed by atoms with Gasteiger partial charge in [-0.25, -0.2) is 4.79 Å². The number of carbonyl (C=O) groups is 1. The number of nitrogens with zero attached hydrogens (tertiary/aromatic N) is 1. The van der Waals surface area contributed by atoms with Crippen LogP contribution < -0.4 is 0 Å². The number of hydrogen-bond donors (Lipinski definition) is 0. The lowest BCUT2D eigenvalue weighted by atomic mass is 9.92. The summed E-state index contributed by atoms with van der Waals surface area (Å²) in [6, 6.07) is 0.599. The highest BCUT2D eigenvalue weighted by atomic mass is 16.7. The molecule has 0 N–H and O–H groups in total. The SMILES string of the molecule is CCOC(=O)OC1CCN(C2CCCC3OC32)CC1. The number of ether oxygens (including phenoxy) is 3. The molecule has 0 spiro atoms. The molecule has 0 aromatic rings. The molecule has 19 heavy (non-hydrogen) atoms. The monoisotopic (exact) mass is 269 g/mol. The average molecular weight is 269 g/mol. The first-order chi connectivity index (χ1) is 9.28. The third-order valence-electron chi connectivity index (χ3n) is 4.46. The lowest BCUT2D eigenvalue weighted by molar-refractivity contribution is -0.00725. The maximum Gasteiger partial charge on any atom is 0.508 e. The molecule has 0 radical (unpaired) electrons. The first-order valence-electron chi connectivity index (χ1n) is 7.51. The maximum absolute atomic E-state index is 11.3. The van der Waals surface area contributed by atoms with Gasteiger partial charge in [0.05, 0.1) is 18.8 Å². The fourth-order valence-electron chi connectivity index (χ4n) is 3.42. The lowest BCUT2D eigenvalue weighted by Crippen LogP contribution is -2.47. The summed E-state index contributed by atoms with van der Waals surface area (Å²) in [6.45, 7) is 4.17. The fraction of sp³-hybridized carbons (Fsp3) is 0.929. The van der Waals surface area contributed by atoms with Gasteiger partial charge in [-0.1, -0.05) is 0 Å². The van der Waals surface area contributed by atoms with E-state index in [1.807, 2.05) is 0 Å². The Bertz CT molecular complexity index is 327. The third kappa shape index (κ3) is 3.03. The van der Waals surface area contributed by atoms with Gasteiger partial charge in [0.25, 0.3) is 0 Å². The van der Waals surface area contributed by atoms with E-state index >= 15 is 0 Å². The fourth-order valence-corrected chi connectivity index (χ4v) is 3.42. The zero-order valence-electron chi connectivity index (χ0n) is 11.5. The van der Waals surface area contributed by atoms with E-state index in [0.29, 0.717) is 24.9 Å². The van der Waals surface area contributed by atoms with Crippen LogP contribution in [-0.4, -0.2) is 55.1 Å². The number of fused-ring (bicyclic) bond motifs is 1. The predicted molar refractivity (Wildman–Crippen MR) is 69.0 cm³/mol. The standard InChI is InChI=1S/C14H23NO4/c1-2-17-14(16)18-10-6-8-15(9-7-10)11-4-3-5-12-13(11)19-12/h10-13H,2-9H2,1H3. The summed E-state index contributed by atoms with van der Waals surface area (Å²) in [7, 11) is 0. The highest BCUT2D eigenvalue weighted by Gasteiger charge is 2.49. The van der Waals surface area contributed by atoms with Crippen molar-refractivity contribution in [2.45, 2.75) is 63.4 Å². The Morgan fingerprint density at radius 1 is 1.26 bits per heavy atom. The van der Waals surface area contributed by atoms with E-state index in [1.165, 1.54) is 19.3 Å². The van der Waals surface area contributed by atoms with Crippen LogP contribution in [0.15, 0.2) is 0 Å². The molecular weight excluding hydrogens is 246 g/mol. The Balaban J connectivity index is 1.43. The molecule has 2 aliphatic heterocycles. The first-order valence-corrected chi connectivity index (χ1v) is 7.51. The Morgan fingerprint density at radius 3 is 2.79 bits per heavy atom. The molecule has 5 nitrogen and oxygen atoms in total. The number of rotatable bonds is 3. The Labute approximate surface area is 114 Å². The van der Waals surface area contributed by atoms with E-state index in [9.17, 15) is 4.79 Å². The number of piperidine rings is 1. The van der Waals surface area contributed by atoms with Crippen LogP contribution in [0.5, 0.6) is 0 Å². The van der Waals surface area contributed by atoms with Crippen molar-refractivity contribution < 1.29 is 19.0 Å². The highest BCUT2D eigenvalue weighted by molar-refractivity contribution is 5.60. The summed E-state index contributed by atoms with van der Waals surface area (Å²) in [5.41, 5.74) is 0.